The van der Waals surface area contributed by atoms with E-state index in [2.05, 4.69) is 89.0 Å². The minimum atomic E-state index is 0.0371. The molecule has 1 unspecified atom stereocenters. The van der Waals surface area contributed by atoms with Gasteiger partial charge in [-0.2, -0.15) is 0 Å². The van der Waals surface area contributed by atoms with Crippen LogP contribution in [0.5, 0.6) is 5.75 Å². The van der Waals surface area contributed by atoms with Crippen molar-refractivity contribution in [2.24, 2.45) is 0 Å². The molecule has 0 saturated carbocycles. The second-order valence-corrected chi connectivity index (χ2v) is 7.81. The quantitative estimate of drug-likeness (QED) is 0.392. The molecular formula is C30H24N2O. The van der Waals surface area contributed by atoms with Crippen molar-refractivity contribution in [3.05, 3.63) is 138 Å². The fraction of sp³-hybridized carbons (Fsp3) is 0.0667. The molecule has 1 heterocycles. The van der Waals surface area contributed by atoms with Crippen molar-refractivity contribution in [3.63, 3.8) is 0 Å². The molecule has 0 saturated heterocycles. The van der Waals surface area contributed by atoms with Gasteiger partial charge in [-0.05, 0) is 65.7 Å². The summed E-state index contributed by atoms with van der Waals surface area (Å²) in [4.78, 5) is 0. The molecule has 3 heteroatoms. The van der Waals surface area contributed by atoms with Crippen molar-refractivity contribution in [2.75, 3.05) is 12.1 Å². The van der Waals surface area contributed by atoms with Crippen LogP contribution in [0, 0.1) is 11.8 Å². The molecule has 0 aliphatic carbocycles. The van der Waals surface area contributed by atoms with Crippen LogP contribution in [0.3, 0.4) is 0 Å². The molecule has 0 aromatic heterocycles. The van der Waals surface area contributed by atoms with Gasteiger partial charge in [0.2, 0.25) is 0 Å². The molecule has 4 aromatic carbocycles. The summed E-state index contributed by atoms with van der Waals surface area (Å²) in [5.74, 6) is 7.31. The summed E-state index contributed by atoms with van der Waals surface area (Å²) >= 11 is 0. The summed E-state index contributed by atoms with van der Waals surface area (Å²) in [6.45, 7) is 0. The minimum Gasteiger partial charge on any atom is -0.497 e. The largest absolute Gasteiger partial charge is 0.497 e. The zero-order chi connectivity index (χ0) is 22.5. The maximum atomic E-state index is 5.46. The smallest absolute Gasteiger partial charge is 0.119 e. The molecule has 0 radical (unpaired) electrons. The molecule has 1 atom stereocenters. The molecule has 0 fully saturated rings. The first-order valence-electron chi connectivity index (χ1n) is 10.9. The van der Waals surface area contributed by atoms with Gasteiger partial charge >= 0.3 is 0 Å². The van der Waals surface area contributed by atoms with Gasteiger partial charge in [0.1, 0.15) is 5.75 Å². The molecule has 1 N–H and O–H groups in total. The lowest BCUT2D eigenvalue weighted by atomic mass is 10.0. The van der Waals surface area contributed by atoms with Crippen molar-refractivity contribution in [1.82, 2.24) is 5.43 Å². The maximum Gasteiger partial charge on any atom is 0.119 e. The number of methoxy groups -OCH3 is 1. The van der Waals surface area contributed by atoms with Gasteiger partial charge in [0, 0.05) is 11.1 Å². The van der Waals surface area contributed by atoms with E-state index in [4.69, 9.17) is 4.74 Å². The summed E-state index contributed by atoms with van der Waals surface area (Å²) in [5, 5.41) is 2.19. The van der Waals surface area contributed by atoms with Crippen LogP contribution in [0.4, 0.5) is 5.69 Å². The van der Waals surface area contributed by atoms with Crippen molar-refractivity contribution in [1.29, 1.82) is 0 Å². The molecule has 4 aromatic rings. The van der Waals surface area contributed by atoms with Crippen LogP contribution in [0.25, 0.3) is 5.70 Å². The Morgan fingerprint density at radius 1 is 0.727 bits per heavy atom. The first kappa shape index (κ1) is 20.5. The molecule has 0 amide bonds. The monoisotopic (exact) mass is 428 g/mol. The number of hydrogen-bond acceptors (Lipinski definition) is 3. The molecule has 33 heavy (non-hydrogen) atoms. The number of ether oxygens (including phenoxy) is 1. The molecule has 160 valence electrons. The minimum absolute atomic E-state index is 0.0371. The summed E-state index contributed by atoms with van der Waals surface area (Å²) in [7, 11) is 1.70. The van der Waals surface area contributed by atoms with E-state index in [1.807, 2.05) is 48.5 Å². The molecule has 5 rings (SSSR count). The highest BCUT2D eigenvalue weighted by Crippen LogP contribution is 2.35. The molecule has 0 spiro atoms. The van der Waals surface area contributed by atoms with Crippen LogP contribution < -0.4 is 15.2 Å². The fourth-order valence-corrected chi connectivity index (χ4v) is 3.91. The zero-order valence-electron chi connectivity index (χ0n) is 18.4. The van der Waals surface area contributed by atoms with Gasteiger partial charge in [0.25, 0.3) is 0 Å². The van der Waals surface area contributed by atoms with E-state index in [1.165, 1.54) is 0 Å². The van der Waals surface area contributed by atoms with Crippen molar-refractivity contribution in [2.45, 2.75) is 6.04 Å². The van der Waals surface area contributed by atoms with Crippen LogP contribution in [0.15, 0.2) is 115 Å². The number of nitrogens with zero attached hydrogens (tertiary/aromatic N) is 1. The van der Waals surface area contributed by atoms with Crippen molar-refractivity contribution >= 4 is 11.4 Å². The van der Waals surface area contributed by atoms with E-state index >= 15 is 0 Å². The maximum absolute atomic E-state index is 5.46. The Kier molecular flexibility index (Phi) is 5.82. The Balaban J connectivity index is 1.44. The van der Waals surface area contributed by atoms with E-state index in [1.54, 1.807) is 7.11 Å². The van der Waals surface area contributed by atoms with E-state index in [0.29, 0.717) is 0 Å². The number of para-hydroxylation sites is 1. The van der Waals surface area contributed by atoms with E-state index in [9.17, 15) is 0 Å². The van der Waals surface area contributed by atoms with Gasteiger partial charge in [-0.3, -0.25) is 10.4 Å². The lowest BCUT2D eigenvalue weighted by Crippen LogP contribution is -2.33. The van der Waals surface area contributed by atoms with Gasteiger partial charge in [0.15, 0.2) is 0 Å². The molecule has 0 bridgehead atoms. The summed E-state index contributed by atoms with van der Waals surface area (Å²) in [6, 6.07) is 37.0. The van der Waals surface area contributed by atoms with E-state index in [0.717, 1.165) is 39.4 Å². The first-order chi connectivity index (χ1) is 16.3. The third kappa shape index (κ3) is 4.61. The SMILES string of the molecule is COc1cccc(C2C=C(c3ccc(C#Cc4ccccc4)cc3)NN2c2ccccc2)c1. The van der Waals surface area contributed by atoms with Crippen LogP contribution in [-0.4, -0.2) is 7.11 Å². The Labute approximate surface area is 194 Å². The van der Waals surface area contributed by atoms with E-state index in [-0.39, 0.29) is 6.04 Å². The van der Waals surface area contributed by atoms with Crippen LogP contribution >= 0.6 is 0 Å². The second-order valence-electron chi connectivity index (χ2n) is 7.81. The number of rotatable bonds is 4. The molecule has 1 aliphatic rings. The number of nitrogens with one attached hydrogen (secondary N) is 1. The normalized spacial score (nSPS) is 14.6. The highest BCUT2D eigenvalue weighted by atomic mass is 16.5. The summed E-state index contributed by atoms with van der Waals surface area (Å²) in [5.41, 5.74) is 10.0. The Hall–Kier alpha value is -4.42. The average Bonchev–Trinajstić information content (AvgIpc) is 3.35. The third-order valence-corrected chi connectivity index (χ3v) is 5.63. The van der Waals surface area contributed by atoms with Gasteiger partial charge in [-0.1, -0.05) is 72.5 Å². The summed E-state index contributed by atoms with van der Waals surface area (Å²) in [6.07, 6.45) is 2.26. The van der Waals surface area contributed by atoms with Gasteiger partial charge < -0.3 is 4.74 Å². The van der Waals surface area contributed by atoms with Crippen LogP contribution in [-0.2, 0) is 0 Å². The van der Waals surface area contributed by atoms with Crippen molar-refractivity contribution < 1.29 is 4.74 Å². The van der Waals surface area contributed by atoms with E-state index < -0.39 is 0 Å². The van der Waals surface area contributed by atoms with Crippen LogP contribution in [0.1, 0.15) is 28.3 Å². The van der Waals surface area contributed by atoms with Crippen LogP contribution in [0.2, 0.25) is 0 Å². The highest BCUT2D eigenvalue weighted by molar-refractivity contribution is 5.72. The summed E-state index contributed by atoms with van der Waals surface area (Å²) < 4.78 is 5.46. The average molecular weight is 429 g/mol. The number of hydrogen-bond donors (Lipinski definition) is 1. The topological polar surface area (TPSA) is 24.5 Å². The standard InChI is InChI=1S/C30H24N2O/c1-33-28-14-8-11-26(21-28)30-22-29(31-32(30)27-12-6-3-7-13-27)25-19-17-24(18-20-25)16-15-23-9-4-2-5-10-23/h2-14,17-22,30-31H,1H3. The van der Waals surface area contributed by atoms with Gasteiger partial charge in [-0.15, -0.1) is 0 Å². The predicted octanol–water partition coefficient (Wildman–Crippen LogP) is 6.20. The number of hydrazine groups is 1. The second kappa shape index (κ2) is 9.38. The predicted molar refractivity (Wildman–Crippen MR) is 135 cm³/mol. The lowest BCUT2D eigenvalue weighted by molar-refractivity contribution is 0.414. The number of benzene rings is 4. The zero-order valence-corrected chi connectivity index (χ0v) is 18.4. The molecule has 3 nitrogen and oxygen atoms in total. The molecular weight excluding hydrogens is 404 g/mol. The lowest BCUT2D eigenvalue weighted by Gasteiger charge is -2.27. The van der Waals surface area contributed by atoms with Gasteiger partial charge in [0.05, 0.1) is 24.5 Å². The first-order valence-corrected chi connectivity index (χ1v) is 10.9. The Bertz CT molecular complexity index is 1320. The third-order valence-electron chi connectivity index (χ3n) is 5.63. The Morgan fingerprint density at radius 2 is 1.39 bits per heavy atom. The molecule has 1 aliphatic heterocycles. The number of anilines is 1. The highest BCUT2D eigenvalue weighted by Gasteiger charge is 2.27. The Morgan fingerprint density at radius 3 is 2.09 bits per heavy atom. The van der Waals surface area contributed by atoms with Gasteiger partial charge in [-0.25, -0.2) is 0 Å². The van der Waals surface area contributed by atoms with Crippen molar-refractivity contribution in [3.8, 4) is 17.6 Å². The fourth-order valence-electron chi connectivity index (χ4n) is 3.91.